The van der Waals surface area contributed by atoms with Gasteiger partial charge in [0.1, 0.15) is 6.29 Å². The second kappa shape index (κ2) is 6.03. The second-order valence-electron chi connectivity index (χ2n) is 4.12. The van der Waals surface area contributed by atoms with Gasteiger partial charge in [0.05, 0.1) is 0 Å². The Morgan fingerprint density at radius 2 is 1.39 bits per heavy atom. The van der Waals surface area contributed by atoms with Crippen molar-refractivity contribution in [3.63, 3.8) is 0 Å². The van der Waals surface area contributed by atoms with Crippen molar-refractivity contribution in [2.24, 2.45) is 0 Å². The first-order chi connectivity index (χ1) is 8.69. The van der Waals surface area contributed by atoms with Crippen LogP contribution in [0.25, 0.3) is 0 Å². The second-order valence-corrected chi connectivity index (χ2v) is 5.00. The number of hydrogen-bond acceptors (Lipinski definition) is 1. The molecule has 2 rings (SSSR count). The predicted octanol–water partition coefficient (Wildman–Crippen LogP) is 4.52. The Balaban J connectivity index is 2.16. The van der Waals surface area contributed by atoms with E-state index < -0.39 is 0 Å². The van der Waals surface area contributed by atoms with Crippen LogP contribution in [0.4, 0.5) is 0 Å². The van der Waals surface area contributed by atoms with Gasteiger partial charge in [0.15, 0.2) is 0 Å². The summed E-state index contributed by atoms with van der Waals surface area (Å²) in [5, 5.41) is 1.38. The van der Waals surface area contributed by atoms with E-state index in [0.29, 0.717) is 16.5 Å². The number of rotatable bonds is 4. The normalized spacial score (nSPS) is 12.1. The van der Waals surface area contributed by atoms with Crippen molar-refractivity contribution in [2.75, 3.05) is 0 Å². The highest BCUT2D eigenvalue weighted by atomic mass is 35.5. The number of halogens is 2. The fourth-order valence-electron chi connectivity index (χ4n) is 1.83. The molecule has 92 valence electrons. The quantitative estimate of drug-likeness (QED) is 0.752. The summed E-state index contributed by atoms with van der Waals surface area (Å²) in [6.45, 7) is 0. The van der Waals surface area contributed by atoms with Gasteiger partial charge in [-0.05, 0) is 41.8 Å². The van der Waals surface area contributed by atoms with Gasteiger partial charge in [0, 0.05) is 16.0 Å². The van der Waals surface area contributed by atoms with Crippen molar-refractivity contribution in [1.29, 1.82) is 0 Å². The number of benzene rings is 2. The molecule has 0 bridgehead atoms. The SMILES string of the molecule is O=CC(Cc1ccc(Cl)cc1)c1ccc(Cl)cc1. The van der Waals surface area contributed by atoms with Crippen LogP contribution in [-0.2, 0) is 11.2 Å². The lowest BCUT2D eigenvalue weighted by molar-refractivity contribution is -0.109. The van der Waals surface area contributed by atoms with Crippen molar-refractivity contribution < 1.29 is 4.79 Å². The Morgan fingerprint density at radius 3 is 1.89 bits per heavy atom. The maximum atomic E-state index is 11.2. The molecule has 1 unspecified atom stereocenters. The Morgan fingerprint density at radius 1 is 0.889 bits per heavy atom. The summed E-state index contributed by atoms with van der Waals surface area (Å²) in [4.78, 5) is 11.2. The van der Waals surface area contributed by atoms with Crippen LogP contribution in [-0.4, -0.2) is 6.29 Å². The molecule has 0 aliphatic heterocycles. The van der Waals surface area contributed by atoms with Gasteiger partial charge >= 0.3 is 0 Å². The summed E-state index contributed by atoms with van der Waals surface area (Å²) in [6.07, 6.45) is 1.64. The lowest BCUT2D eigenvalue weighted by atomic mass is 9.93. The molecule has 0 heterocycles. The zero-order chi connectivity index (χ0) is 13.0. The Labute approximate surface area is 116 Å². The lowest BCUT2D eigenvalue weighted by Crippen LogP contribution is -2.04. The molecule has 0 saturated carbocycles. The first-order valence-corrected chi connectivity index (χ1v) is 6.40. The minimum Gasteiger partial charge on any atom is -0.303 e. The van der Waals surface area contributed by atoms with Gasteiger partial charge in [-0.2, -0.15) is 0 Å². The van der Waals surface area contributed by atoms with E-state index in [1.54, 1.807) is 12.1 Å². The molecule has 0 N–H and O–H groups in total. The van der Waals surface area contributed by atoms with Crippen molar-refractivity contribution in [2.45, 2.75) is 12.3 Å². The summed E-state index contributed by atoms with van der Waals surface area (Å²) < 4.78 is 0. The molecule has 2 aromatic carbocycles. The number of aldehydes is 1. The van der Waals surface area contributed by atoms with Crippen molar-refractivity contribution in [1.82, 2.24) is 0 Å². The van der Waals surface area contributed by atoms with Gasteiger partial charge in [-0.15, -0.1) is 0 Å². The Bertz CT molecular complexity index is 517. The zero-order valence-electron chi connectivity index (χ0n) is 9.64. The molecule has 18 heavy (non-hydrogen) atoms. The van der Waals surface area contributed by atoms with E-state index >= 15 is 0 Å². The average Bonchev–Trinajstić information content (AvgIpc) is 2.39. The van der Waals surface area contributed by atoms with Gasteiger partial charge in [-0.1, -0.05) is 47.5 Å². The van der Waals surface area contributed by atoms with Crippen molar-refractivity contribution in [3.05, 3.63) is 69.7 Å². The van der Waals surface area contributed by atoms with Gasteiger partial charge in [0.2, 0.25) is 0 Å². The van der Waals surface area contributed by atoms with Crippen LogP contribution in [0.15, 0.2) is 48.5 Å². The van der Waals surface area contributed by atoms with E-state index in [4.69, 9.17) is 23.2 Å². The smallest absolute Gasteiger partial charge is 0.127 e. The molecule has 0 spiro atoms. The zero-order valence-corrected chi connectivity index (χ0v) is 11.2. The van der Waals surface area contributed by atoms with Gasteiger partial charge in [-0.3, -0.25) is 0 Å². The predicted molar refractivity (Wildman–Crippen MR) is 75.4 cm³/mol. The lowest BCUT2D eigenvalue weighted by Gasteiger charge is -2.11. The molecule has 0 aromatic heterocycles. The van der Waals surface area contributed by atoms with Crippen LogP contribution >= 0.6 is 23.2 Å². The van der Waals surface area contributed by atoms with E-state index in [2.05, 4.69) is 0 Å². The average molecular weight is 279 g/mol. The third kappa shape index (κ3) is 3.34. The molecule has 0 fully saturated rings. The first-order valence-electron chi connectivity index (χ1n) is 5.64. The van der Waals surface area contributed by atoms with Crippen molar-refractivity contribution in [3.8, 4) is 0 Å². The Kier molecular flexibility index (Phi) is 4.40. The summed E-state index contributed by atoms with van der Waals surface area (Å²) in [5.41, 5.74) is 2.07. The van der Waals surface area contributed by atoms with E-state index in [-0.39, 0.29) is 5.92 Å². The third-order valence-electron chi connectivity index (χ3n) is 2.83. The van der Waals surface area contributed by atoms with Crippen LogP contribution in [0.2, 0.25) is 10.0 Å². The molecule has 0 radical (unpaired) electrons. The molecular formula is C15H12Cl2O. The monoisotopic (exact) mass is 278 g/mol. The van der Waals surface area contributed by atoms with Gasteiger partial charge < -0.3 is 4.79 Å². The van der Waals surface area contributed by atoms with Crippen molar-refractivity contribution >= 4 is 29.5 Å². The number of carbonyl (C=O) groups is 1. The summed E-state index contributed by atoms with van der Waals surface area (Å²) in [6, 6.07) is 14.9. The summed E-state index contributed by atoms with van der Waals surface area (Å²) >= 11 is 11.7. The number of hydrogen-bond donors (Lipinski definition) is 0. The Hall–Kier alpha value is -1.31. The largest absolute Gasteiger partial charge is 0.303 e. The highest BCUT2D eigenvalue weighted by Gasteiger charge is 2.11. The summed E-state index contributed by atoms with van der Waals surface area (Å²) in [7, 11) is 0. The molecule has 2 aromatic rings. The fraction of sp³-hybridized carbons (Fsp3) is 0.133. The van der Waals surface area contributed by atoms with E-state index in [9.17, 15) is 4.79 Å². The van der Waals surface area contributed by atoms with Gasteiger partial charge in [-0.25, -0.2) is 0 Å². The first kappa shape index (κ1) is 13.1. The number of carbonyl (C=O) groups excluding carboxylic acids is 1. The van der Waals surface area contributed by atoms with E-state index in [0.717, 1.165) is 17.4 Å². The van der Waals surface area contributed by atoms with E-state index in [1.807, 2.05) is 36.4 Å². The molecule has 0 amide bonds. The standard InChI is InChI=1S/C15H12Cl2O/c16-14-5-1-11(2-6-14)9-13(10-18)12-3-7-15(17)8-4-12/h1-8,10,13H,9H2. The molecular weight excluding hydrogens is 267 g/mol. The minimum atomic E-state index is -0.150. The molecule has 1 atom stereocenters. The minimum absolute atomic E-state index is 0.150. The molecule has 0 aliphatic rings. The van der Waals surface area contributed by atoms with Gasteiger partial charge in [0.25, 0.3) is 0 Å². The van der Waals surface area contributed by atoms with Crippen LogP contribution in [0.3, 0.4) is 0 Å². The van der Waals surface area contributed by atoms with Crippen LogP contribution in [0.5, 0.6) is 0 Å². The third-order valence-corrected chi connectivity index (χ3v) is 3.34. The maximum absolute atomic E-state index is 11.2. The molecule has 0 aliphatic carbocycles. The van der Waals surface area contributed by atoms with Crippen LogP contribution in [0, 0.1) is 0 Å². The topological polar surface area (TPSA) is 17.1 Å². The fourth-order valence-corrected chi connectivity index (χ4v) is 2.08. The van der Waals surface area contributed by atoms with Crippen LogP contribution in [0.1, 0.15) is 17.0 Å². The maximum Gasteiger partial charge on any atom is 0.127 e. The van der Waals surface area contributed by atoms with Crippen LogP contribution < -0.4 is 0 Å². The molecule has 0 saturated heterocycles. The van der Waals surface area contributed by atoms with E-state index in [1.165, 1.54) is 0 Å². The highest BCUT2D eigenvalue weighted by Crippen LogP contribution is 2.21. The molecule has 1 nitrogen and oxygen atoms in total. The highest BCUT2D eigenvalue weighted by molar-refractivity contribution is 6.30. The molecule has 3 heteroatoms. The summed E-state index contributed by atoms with van der Waals surface area (Å²) in [5.74, 6) is -0.150.